The Bertz CT molecular complexity index is 691. The molecule has 0 saturated carbocycles. The van der Waals surface area contributed by atoms with Crippen LogP contribution in [0.3, 0.4) is 0 Å². The van der Waals surface area contributed by atoms with Crippen LogP contribution in [0.5, 0.6) is 0 Å². The molecule has 0 atom stereocenters. The molecule has 0 fully saturated rings. The summed E-state index contributed by atoms with van der Waals surface area (Å²) in [7, 11) is 1.73. The van der Waals surface area contributed by atoms with Crippen molar-refractivity contribution < 1.29 is 4.74 Å². The second-order valence-corrected chi connectivity index (χ2v) is 4.36. The number of aromatic nitrogens is 1. The van der Waals surface area contributed by atoms with Crippen molar-refractivity contribution in [2.75, 3.05) is 13.7 Å². The summed E-state index contributed by atoms with van der Waals surface area (Å²) < 4.78 is 5.17. The van der Waals surface area contributed by atoms with E-state index in [4.69, 9.17) is 9.72 Å². The molecule has 0 aliphatic heterocycles. The maximum Gasteiger partial charge on any atom is 0.0711 e. The van der Waals surface area contributed by atoms with E-state index in [0.29, 0.717) is 6.61 Å². The van der Waals surface area contributed by atoms with Gasteiger partial charge >= 0.3 is 0 Å². The van der Waals surface area contributed by atoms with E-state index in [0.717, 1.165) is 17.6 Å². The molecule has 0 bridgehead atoms. The number of nitrogens with zero attached hydrogens (tertiary/aromatic N) is 1. The molecular weight excluding hydrogens is 222 g/mol. The van der Waals surface area contributed by atoms with Crippen LogP contribution >= 0.6 is 0 Å². The normalized spacial score (nSPS) is 11.2. The molecule has 18 heavy (non-hydrogen) atoms. The molecule has 3 rings (SSSR count). The first-order valence-electron chi connectivity index (χ1n) is 6.15. The van der Waals surface area contributed by atoms with Crippen molar-refractivity contribution in [3.05, 3.63) is 54.2 Å². The number of methoxy groups -OCH3 is 1. The van der Waals surface area contributed by atoms with Gasteiger partial charge in [-0.2, -0.15) is 0 Å². The highest BCUT2D eigenvalue weighted by molar-refractivity contribution is 6.06. The predicted octanol–water partition coefficient (Wildman–Crippen LogP) is 3.58. The largest absolute Gasteiger partial charge is 0.384 e. The summed E-state index contributed by atoms with van der Waals surface area (Å²) in [6, 6.07) is 16.7. The average Bonchev–Trinajstić information content (AvgIpc) is 2.45. The molecule has 2 nitrogen and oxygen atoms in total. The van der Waals surface area contributed by atoms with Gasteiger partial charge in [0.2, 0.25) is 0 Å². The summed E-state index contributed by atoms with van der Waals surface area (Å²) in [5, 5.41) is 3.72. The van der Waals surface area contributed by atoms with Crippen molar-refractivity contribution >= 4 is 21.7 Å². The third-order valence-corrected chi connectivity index (χ3v) is 3.23. The summed E-state index contributed by atoms with van der Waals surface area (Å²) in [4.78, 5) is 4.76. The van der Waals surface area contributed by atoms with Crippen molar-refractivity contribution in [3.63, 3.8) is 0 Å². The van der Waals surface area contributed by atoms with Gasteiger partial charge in [0.1, 0.15) is 0 Å². The molecule has 0 aliphatic carbocycles. The molecule has 0 unspecified atom stereocenters. The van der Waals surface area contributed by atoms with Gasteiger partial charge in [0.05, 0.1) is 17.8 Å². The Labute approximate surface area is 106 Å². The zero-order valence-corrected chi connectivity index (χ0v) is 10.4. The fourth-order valence-electron chi connectivity index (χ4n) is 2.36. The van der Waals surface area contributed by atoms with Crippen LogP contribution in [-0.4, -0.2) is 18.7 Å². The first-order valence-corrected chi connectivity index (χ1v) is 6.15. The van der Waals surface area contributed by atoms with Gasteiger partial charge in [0.15, 0.2) is 0 Å². The van der Waals surface area contributed by atoms with Crippen LogP contribution in [0.25, 0.3) is 21.7 Å². The number of ether oxygens (including phenoxy) is 1. The van der Waals surface area contributed by atoms with Gasteiger partial charge < -0.3 is 4.74 Å². The lowest BCUT2D eigenvalue weighted by atomic mass is 10.0. The van der Waals surface area contributed by atoms with Crippen LogP contribution in [0.2, 0.25) is 0 Å². The molecule has 0 aliphatic rings. The van der Waals surface area contributed by atoms with E-state index in [1.54, 1.807) is 7.11 Å². The molecule has 2 aromatic carbocycles. The first-order chi connectivity index (χ1) is 8.90. The van der Waals surface area contributed by atoms with Crippen molar-refractivity contribution in [1.29, 1.82) is 0 Å². The van der Waals surface area contributed by atoms with Crippen LogP contribution in [0.15, 0.2) is 48.5 Å². The summed E-state index contributed by atoms with van der Waals surface area (Å²) in [5.74, 6) is 0. The van der Waals surface area contributed by atoms with Gasteiger partial charge in [-0.25, -0.2) is 0 Å². The molecular formula is C16H15NO. The number of hydrogen-bond acceptors (Lipinski definition) is 2. The molecule has 2 heteroatoms. The maximum atomic E-state index is 5.17. The highest BCUT2D eigenvalue weighted by Gasteiger charge is 2.06. The molecule has 90 valence electrons. The number of hydrogen-bond donors (Lipinski definition) is 0. The maximum absolute atomic E-state index is 5.17. The van der Waals surface area contributed by atoms with Gasteiger partial charge in [0.25, 0.3) is 0 Å². The SMILES string of the molecule is COCCc1nc2ccccc2c2ccccc12. The van der Waals surface area contributed by atoms with E-state index < -0.39 is 0 Å². The van der Waals surface area contributed by atoms with E-state index in [9.17, 15) is 0 Å². The predicted molar refractivity (Wildman–Crippen MR) is 74.8 cm³/mol. The van der Waals surface area contributed by atoms with Crippen LogP contribution < -0.4 is 0 Å². The van der Waals surface area contributed by atoms with Crippen LogP contribution in [-0.2, 0) is 11.2 Å². The minimum atomic E-state index is 0.704. The Balaban J connectivity index is 2.32. The number of para-hydroxylation sites is 1. The quantitative estimate of drug-likeness (QED) is 0.650. The van der Waals surface area contributed by atoms with E-state index in [2.05, 4.69) is 42.5 Å². The molecule has 0 amide bonds. The van der Waals surface area contributed by atoms with Gasteiger partial charge in [0, 0.05) is 24.3 Å². The topological polar surface area (TPSA) is 22.1 Å². The summed E-state index contributed by atoms with van der Waals surface area (Å²) >= 11 is 0. The molecule has 1 heterocycles. The van der Waals surface area contributed by atoms with Crippen molar-refractivity contribution in [2.45, 2.75) is 6.42 Å². The van der Waals surface area contributed by atoms with Crippen LogP contribution in [0.1, 0.15) is 5.69 Å². The highest BCUT2D eigenvalue weighted by atomic mass is 16.5. The van der Waals surface area contributed by atoms with E-state index in [1.165, 1.54) is 16.2 Å². The summed E-state index contributed by atoms with van der Waals surface area (Å²) in [6.45, 7) is 0.704. The molecule has 0 saturated heterocycles. The second-order valence-electron chi connectivity index (χ2n) is 4.36. The second kappa shape index (κ2) is 4.75. The molecule has 1 aromatic heterocycles. The van der Waals surface area contributed by atoms with E-state index in [1.807, 2.05) is 6.07 Å². The Morgan fingerprint density at radius 1 is 0.889 bits per heavy atom. The number of fused-ring (bicyclic) bond motifs is 3. The van der Waals surface area contributed by atoms with E-state index in [-0.39, 0.29) is 0 Å². The van der Waals surface area contributed by atoms with Crippen LogP contribution in [0.4, 0.5) is 0 Å². The zero-order valence-electron chi connectivity index (χ0n) is 10.4. The zero-order chi connectivity index (χ0) is 12.4. The Kier molecular flexibility index (Phi) is 2.95. The average molecular weight is 237 g/mol. The molecule has 0 spiro atoms. The highest BCUT2D eigenvalue weighted by Crippen LogP contribution is 2.26. The standard InChI is InChI=1S/C16H15NO/c1-18-11-10-16-14-7-3-2-6-12(14)13-8-4-5-9-15(13)17-16/h2-9H,10-11H2,1H3. The van der Waals surface area contributed by atoms with Gasteiger partial charge in [-0.1, -0.05) is 42.5 Å². The third-order valence-electron chi connectivity index (χ3n) is 3.23. The lowest BCUT2D eigenvalue weighted by Gasteiger charge is -2.09. The summed E-state index contributed by atoms with van der Waals surface area (Å²) in [5.41, 5.74) is 2.17. The van der Waals surface area contributed by atoms with Crippen LogP contribution in [0, 0.1) is 0 Å². The first kappa shape index (κ1) is 11.2. The lowest BCUT2D eigenvalue weighted by molar-refractivity contribution is 0.202. The van der Waals surface area contributed by atoms with Crippen molar-refractivity contribution in [1.82, 2.24) is 4.98 Å². The van der Waals surface area contributed by atoms with Gasteiger partial charge in [-0.05, 0) is 11.5 Å². The molecule has 0 radical (unpaired) electrons. The Morgan fingerprint density at radius 2 is 1.56 bits per heavy atom. The molecule has 3 aromatic rings. The monoisotopic (exact) mass is 237 g/mol. The third kappa shape index (κ3) is 1.85. The Morgan fingerprint density at radius 3 is 2.33 bits per heavy atom. The Hall–Kier alpha value is -1.93. The fraction of sp³-hybridized carbons (Fsp3) is 0.188. The minimum Gasteiger partial charge on any atom is -0.384 e. The van der Waals surface area contributed by atoms with Gasteiger partial charge in [-0.15, -0.1) is 0 Å². The van der Waals surface area contributed by atoms with E-state index >= 15 is 0 Å². The number of pyridine rings is 1. The summed E-state index contributed by atoms with van der Waals surface area (Å²) in [6.07, 6.45) is 0.849. The fourth-order valence-corrected chi connectivity index (χ4v) is 2.36. The smallest absolute Gasteiger partial charge is 0.0711 e. The number of benzene rings is 2. The van der Waals surface area contributed by atoms with Crippen molar-refractivity contribution in [2.24, 2.45) is 0 Å². The van der Waals surface area contributed by atoms with Crippen molar-refractivity contribution in [3.8, 4) is 0 Å². The van der Waals surface area contributed by atoms with Gasteiger partial charge in [-0.3, -0.25) is 4.98 Å². The molecule has 0 N–H and O–H groups in total. The number of rotatable bonds is 3. The lowest BCUT2D eigenvalue weighted by Crippen LogP contribution is -1.99. The minimum absolute atomic E-state index is 0.704.